The van der Waals surface area contributed by atoms with Crippen LogP contribution in [0.25, 0.3) is 0 Å². The Labute approximate surface area is 146 Å². The molecule has 0 aromatic rings. The molecule has 0 rings (SSSR count). The molecule has 0 saturated carbocycles. The molecule has 2 unspecified atom stereocenters. The van der Waals surface area contributed by atoms with Gasteiger partial charge in [-0.3, -0.25) is 4.79 Å². The van der Waals surface area contributed by atoms with E-state index >= 15 is 0 Å². The van der Waals surface area contributed by atoms with E-state index in [4.69, 9.17) is 5.11 Å². The topological polar surface area (TPSA) is 77.8 Å². The van der Waals surface area contributed by atoms with Crippen LogP contribution in [0.1, 0.15) is 71.1 Å². The van der Waals surface area contributed by atoms with Crippen LogP contribution in [0.4, 0.5) is 0 Å². The van der Waals surface area contributed by atoms with Crippen molar-refractivity contribution in [1.82, 2.24) is 0 Å². The lowest BCUT2D eigenvalue weighted by molar-refractivity contribution is -0.137. The van der Waals surface area contributed by atoms with Crippen LogP contribution >= 0.6 is 0 Å². The first-order valence-electron chi connectivity index (χ1n) is 9.14. The van der Waals surface area contributed by atoms with E-state index in [1.165, 1.54) is 25.7 Å². The molecule has 0 aliphatic rings. The van der Waals surface area contributed by atoms with Crippen LogP contribution < -0.4 is 0 Å². The number of carboxylic acids is 1. The van der Waals surface area contributed by atoms with Crippen molar-refractivity contribution in [2.24, 2.45) is 0 Å². The lowest BCUT2D eigenvalue weighted by atomic mass is 10.1. The monoisotopic (exact) mass is 338 g/mol. The van der Waals surface area contributed by atoms with Crippen molar-refractivity contribution in [3.63, 3.8) is 0 Å². The first-order valence-corrected chi connectivity index (χ1v) is 9.14. The molecule has 0 saturated heterocycles. The molecule has 0 heterocycles. The lowest BCUT2D eigenvalue weighted by Crippen LogP contribution is -2.03. The zero-order valence-corrected chi connectivity index (χ0v) is 14.9. The Bertz CT molecular complexity index is 385. The highest BCUT2D eigenvalue weighted by Crippen LogP contribution is 2.06. The molecular weight excluding hydrogens is 304 g/mol. The minimum absolute atomic E-state index is 0.171. The Balaban J connectivity index is 3.73. The summed E-state index contributed by atoms with van der Waals surface area (Å²) in [7, 11) is 0. The van der Waals surface area contributed by atoms with Gasteiger partial charge < -0.3 is 15.3 Å². The maximum absolute atomic E-state index is 10.3. The highest BCUT2D eigenvalue weighted by Gasteiger charge is 1.98. The number of unbranched alkanes of at least 4 members (excludes halogenated alkanes) is 6. The van der Waals surface area contributed by atoms with Crippen molar-refractivity contribution in [1.29, 1.82) is 0 Å². The van der Waals surface area contributed by atoms with E-state index in [0.29, 0.717) is 19.3 Å². The minimum Gasteiger partial charge on any atom is -0.481 e. The van der Waals surface area contributed by atoms with Crippen LogP contribution in [-0.2, 0) is 4.79 Å². The number of rotatable bonds is 15. The summed E-state index contributed by atoms with van der Waals surface area (Å²) < 4.78 is 0. The van der Waals surface area contributed by atoms with Gasteiger partial charge in [-0.2, -0.15) is 0 Å². The second kappa shape index (κ2) is 16.5. The Morgan fingerprint density at radius 1 is 0.875 bits per heavy atom. The molecule has 3 N–H and O–H groups in total. The fourth-order valence-electron chi connectivity index (χ4n) is 2.21. The molecular formula is C20H34O4. The Morgan fingerprint density at radius 3 is 2.29 bits per heavy atom. The first kappa shape index (κ1) is 22.6. The molecule has 0 spiro atoms. The molecule has 0 aliphatic carbocycles. The van der Waals surface area contributed by atoms with E-state index in [1.54, 1.807) is 18.2 Å². The van der Waals surface area contributed by atoms with E-state index < -0.39 is 18.2 Å². The van der Waals surface area contributed by atoms with E-state index in [-0.39, 0.29) is 6.42 Å². The van der Waals surface area contributed by atoms with Gasteiger partial charge in [-0.05, 0) is 32.1 Å². The molecule has 0 bridgehead atoms. The second-order valence-corrected chi connectivity index (χ2v) is 6.07. The third-order valence-electron chi connectivity index (χ3n) is 3.64. The van der Waals surface area contributed by atoms with Crippen molar-refractivity contribution in [3.05, 3.63) is 36.5 Å². The summed E-state index contributed by atoms with van der Waals surface area (Å²) in [5.74, 6) is -0.783. The molecule has 0 aromatic heterocycles. The molecule has 138 valence electrons. The molecule has 0 fully saturated rings. The summed E-state index contributed by atoms with van der Waals surface area (Å²) in [4.78, 5) is 10.3. The summed E-state index contributed by atoms with van der Waals surface area (Å²) in [5.41, 5.74) is 0. The zero-order chi connectivity index (χ0) is 18.0. The van der Waals surface area contributed by atoms with Gasteiger partial charge in [-0.15, -0.1) is 0 Å². The fraction of sp³-hybridized carbons (Fsp3) is 0.650. The largest absolute Gasteiger partial charge is 0.481 e. The van der Waals surface area contributed by atoms with Gasteiger partial charge in [-0.25, -0.2) is 0 Å². The van der Waals surface area contributed by atoms with Gasteiger partial charge in [-0.1, -0.05) is 69.1 Å². The van der Waals surface area contributed by atoms with Crippen molar-refractivity contribution in [3.8, 4) is 0 Å². The van der Waals surface area contributed by atoms with E-state index in [2.05, 4.69) is 6.92 Å². The average Bonchev–Trinajstić information content (AvgIpc) is 2.55. The van der Waals surface area contributed by atoms with Crippen molar-refractivity contribution < 1.29 is 20.1 Å². The maximum Gasteiger partial charge on any atom is 0.303 e. The Morgan fingerprint density at radius 2 is 1.58 bits per heavy atom. The summed E-state index contributed by atoms with van der Waals surface area (Å²) in [5, 5.41) is 28.0. The van der Waals surface area contributed by atoms with E-state index in [0.717, 1.165) is 12.8 Å². The normalized spacial score (nSPS) is 14.8. The standard InChI is InChI=1S/C20H34O4/c1-2-3-4-5-6-7-10-13-18(21)16-17-19(22)14-11-8-9-12-15-20(23)24/h8,10-11,13,16-19,21-22H,2-7,9,12,14-15H2,1H3,(H,23,24). The van der Waals surface area contributed by atoms with Gasteiger partial charge in [0, 0.05) is 6.42 Å². The van der Waals surface area contributed by atoms with Crippen LogP contribution in [0.3, 0.4) is 0 Å². The molecule has 4 nitrogen and oxygen atoms in total. The van der Waals surface area contributed by atoms with Gasteiger partial charge in [0.2, 0.25) is 0 Å². The quantitative estimate of drug-likeness (QED) is 0.306. The predicted molar refractivity (Wildman–Crippen MR) is 98.9 cm³/mol. The summed E-state index contributed by atoms with van der Waals surface area (Å²) in [6.07, 6.45) is 18.5. The van der Waals surface area contributed by atoms with E-state index in [9.17, 15) is 15.0 Å². The predicted octanol–water partition coefficient (Wildman–Crippen LogP) is 4.38. The number of aliphatic carboxylic acids is 1. The summed E-state index contributed by atoms with van der Waals surface area (Å²) in [6.45, 7) is 2.20. The smallest absolute Gasteiger partial charge is 0.303 e. The molecule has 0 aliphatic heterocycles. The number of allylic oxidation sites excluding steroid dienone is 2. The fourth-order valence-corrected chi connectivity index (χ4v) is 2.21. The van der Waals surface area contributed by atoms with Crippen LogP contribution in [-0.4, -0.2) is 33.5 Å². The number of hydrogen-bond acceptors (Lipinski definition) is 3. The molecule has 0 radical (unpaired) electrons. The third-order valence-corrected chi connectivity index (χ3v) is 3.64. The van der Waals surface area contributed by atoms with Gasteiger partial charge in [0.1, 0.15) is 0 Å². The van der Waals surface area contributed by atoms with Crippen LogP contribution in [0.15, 0.2) is 36.5 Å². The lowest BCUT2D eigenvalue weighted by Gasteiger charge is -2.03. The number of carbonyl (C=O) groups is 1. The van der Waals surface area contributed by atoms with Crippen molar-refractivity contribution in [2.45, 2.75) is 83.3 Å². The number of hydrogen-bond donors (Lipinski definition) is 3. The van der Waals surface area contributed by atoms with Crippen molar-refractivity contribution in [2.75, 3.05) is 0 Å². The molecule has 0 amide bonds. The van der Waals surface area contributed by atoms with Gasteiger partial charge in [0.05, 0.1) is 12.2 Å². The van der Waals surface area contributed by atoms with Crippen LogP contribution in [0, 0.1) is 0 Å². The average molecular weight is 338 g/mol. The van der Waals surface area contributed by atoms with Crippen molar-refractivity contribution >= 4 is 5.97 Å². The number of aliphatic hydroxyl groups is 2. The third kappa shape index (κ3) is 17.0. The highest BCUT2D eigenvalue weighted by molar-refractivity contribution is 5.66. The summed E-state index contributed by atoms with van der Waals surface area (Å²) >= 11 is 0. The zero-order valence-electron chi connectivity index (χ0n) is 14.9. The SMILES string of the molecule is CCCCCCCC=CC(O)C=CC(O)CC=CCCCC(=O)O. The van der Waals surface area contributed by atoms with Gasteiger partial charge in [0.15, 0.2) is 0 Å². The molecule has 24 heavy (non-hydrogen) atoms. The first-order chi connectivity index (χ1) is 11.6. The number of aliphatic hydroxyl groups excluding tert-OH is 2. The maximum atomic E-state index is 10.3. The summed E-state index contributed by atoms with van der Waals surface area (Å²) in [6, 6.07) is 0. The molecule has 4 heteroatoms. The minimum atomic E-state index is -0.783. The highest BCUT2D eigenvalue weighted by atomic mass is 16.4. The second-order valence-electron chi connectivity index (χ2n) is 6.07. The van der Waals surface area contributed by atoms with Gasteiger partial charge in [0.25, 0.3) is 0 Å². The molecule has 0 aromatic carbocycles. The Kier molecular flexibility index (Phi) is 15.5. The Hall–Kier alpha value is -1.39. The van der Waals surface area contributed by atoms with E-state index in [1.807, 2.05) is 18.2 Å². The molecule has 2 atom stereocenters. The van der Waals surface area contributed by atoms with Crippen LogP contribution in [0.2, 0.25) is 0 Å². The number of carboxylic acid groups (broad SMARTS) is 1. The van der Waals surface area contributed by atoms with Crippen LogP contribution in [0.5, 0.6) is 0 Å². The van der Waals surface area contributed by atoms with Gasteiger partial charge >= 0.3 is 5.97 Å².